The van der Waals surface area contributed by atoms with Gasteiger partial charge in [-0.15, -0.1) is 11.8 Å². The number of anilines is 1. The highest BCUT2D eigenvalue weighted by atomic mass is 32.2. The lowest BCUT2D eigenvalue weighted by Gasteiger charge is -2.25. The summed E-state index contributed by atoms with van der Waals surface area (Å²) in [7, 11) is -3.87. The minimum atomic E-state index is -3.87. The predicted molar refractivity (Wildman–Crippen MR) is 116 cm³/mol. The molecule has 1 amide bonds. The Kier molecular flexibility index (Phi) is 7.95. The van der Waals surface area contributed by atoms with Gasteiger partial charge in [-0.1, -0.05) is 31.0 Å². The van der Waals surface area contributed by atoms with Crippen LogP contribution in [0, 0.1) is 6.92 Å². The Labute approximate surface area is 172 Å². The molecule has 0 saturated carbocycles. The Morgan fingerprint density at radius 2 is 1.71 bits per heavy atom. The van der Waals surface area contributed by atoms with Gasteiger partial charge >= 0.3 is 0 Å². The monoisotopic (exact) mass is 420 g/mol. The fraction of sp³-hybridized carbons (Fsp3) is 0.381. The fourth-order valence-corrected chi connectivity index (χ4v) is 4.69. The van der Waals surface area contributed by atoms with E-state index in [1.54, 1.807) is 48.2 Å². The average molecular weight is 421 g/mol. The molecule has 0 aromatic heterocycles. The number of sulfonamides is 1. The second kappa shape index (κ2) is 9.98. The van der Waals surface area contributed by atoms with Crippen LogP contribution in [0.2, 0.25) is 0 Å². The van der Waals surface area contributed by atoms with Crippen LogP contribution in [0.1, 0.15) is 32.3 Å². The SMILES string of the molecule is CCCC(C)NC(=O)CN(c1ccc(C)cc1)S(=O)(=O)c1ccc(SC)cc1. The summed E-state index contributed by atoms with van der Waals surface area (Å²) in [5.41, 5.74) is 1.49. The minimum Gasteiger partial charge on any atom is -0.352 e. The molecule has 2 aromatic carbocycles. The molecule has 0 fully saturated rings. The number of nitrogens with one attached hydrogen (secondary N) is 1. The topological polar surface area (TPSA) is 66.5 Å². The quantitative estimate of drug-likeness (QED) is 0.617. The van der Waals surface area contributed by atoms with Gasteiger partial charge in [0.25, 0.3) is 10.0 Å². The maximum Gasteiger partial charge on any atom is 0.264 e. The number of benzene rings is 2. The number of hydrogen-bond donors (Lipinski definition) is 1. The predicted octanol–water partition coefficient (Wildman–Crippen LogP) is 4.22. The van der Waals surface area contributed by atoms with Crippen molar-refractivity contribution in [3.05, 3.63) is 54.1 Å². The first kappa shape index (κ1) is 22.3. The van der Waals surface area contributed by atoms with Crippen molar-refractivity contribution < 1.29 is 13.2 Å². The molecule has 0 heterocycles. The van der Waals surface area contributed by atoms with Gasteiger partial charge in [0.15, 0.2) is 0 Å². The highest BCUT2D eigenvalue weighted by Crippen LogP contribution is 2.25. The molecule has 2 aromatic rings. The summed E-state index contributed by atoms with van der Waals surface area (Å²) in [4.78, 5) is 13.7. The number of amides is 1. The minimum absolute atomic E-state index is 0.000865. The highest BCUT2D eigenvalue weighted by molar-refractivity contribution is 7.98. The van der Waals surface area contributed by atoms with Crippen LogP contribution in [0.4, 0.5) is 5.69 Å². The molecule has 0 bridgehead atoms. The Morgan fingerprint density at radius 1 is 1.11 bits per heavy atom. The number of carbonyl (C=O) groups is 1. The number of rotatable bonds is 9. The van der Waals surface area contributed by atoms with E-state index >= 15 is 0 Å². The molecule has 0 spiro atoms. The zero-order chi connectivity index (χ0) is 20.7. The van der Waals surface area contributed by atoms with Crippen molar-refractivity contribution in [2.24, 2.45) is 0 Å². The van der Waals surface area contributed by atoms with Crippen molar-refractivity contribution in [2.75, 3.05) is 17.1 Å². The molecule has 0 aliphatic carbocycles. The molecule has 0 aliphatic heterocycles. The van der Waals surface area contributed by atoms with E-state index in [4.69, 9.17) is 0 Å². The summed E-state index contributed by atoms with van der Waals surface area (Å²) in [5.74, 6) is -0.314. The van der Waals surface area contributed by atoms with Crippen molar-refractivity contribution in [2.45, 2.75) is 49.4 Å². The van der Waals surface area contributed by atoms with Gasteiger partial charge in [-0.25, -0.2) is 8.42 Å². The zero-order valence-electron chi connectivity index (χ0n) is 16.8. The first-order valence-corrected chi connectivity index (χ1v) is 12.0. The van der Waals surface area contributed by atoms with Crippen molar-refractivity contribution >= 4 is 33.4 Å². The van der Waals surface area contributed by atoms with Crippen molar-refractivity contribution in [1.82, 2.24) is 5.32 Å². The number of hydrogen-bond acceptors (Lipinski definition) is 4. The van der Waals surface area contributed by atoms with Crippen LogP contribution in [-0.2, 0) is 14.8 Å². The molecule has 2 rings (SSSR count). The van der Waals surface area contributed by atoms with Crippen molar-refractivity contribution in [1.29, 1.82) is 0 Å². The first-order chi connectivity index (χ1) is 13.3. The molecular weight excluding hydrogens is 392 g/mol. The molecule has 1 unspecified atom stereocenters. The summed E-state index contributed by atoms with van der Waals surface area (Å²) in [5, 5.41) is 2.89. The number of aryl methyl sites for hydroxylation is 1. The lowest BCUT2D eigenvalue weighted by atomic mass is 10.2. The van der Waals surface area contributed by atoms with Gasteiger partial charge in [-0.05, 0) is 62.9 Å². The van der Waals surface area contributed by atoms with Gasteiger partial charge in [0.2, 0.25) is 5.91 Å². The average Bonchev–Trinajstić information content (AvgIpc) is 2.67. The molecule has 7 heteroatoms. The Morgan fingerprint density at radius 3 is 2.25 bits per heavy atom. The van der Waals surface area contributed by atoms with Gasteiger partial charge in [-0.3, -0.25) is 9.10 Å². The second-order valence-electron chi connectivity index (χ2n) is 6.78. The Balaban J connectivity index is 2.36. The van der Waals surface area contributed by atoms with Gasteiger partial charge < -0.3 is 5.32 Å². The lowest BCUT2D eigenvalue weighted by Crippen LogP contribution is -2.43. The first-order valence-electron chi connectivity index (χ1n) is 9.30. The van der Waals surface area contributed by atoms with E-state index in [0.29, 0.717) is 5.69 Å². The van der Waals surface area contributed by atoms with Crippen LogP contribution in [0.3, 0.4) is 0 Å². The molecule has 28 heavy (non-hydrogen) atoms. The van der Waals surface area contributed by atoms with Gasteiger partial charge in [0.05, 0.1) is 10.6 Å². The molecular formula is C21H28N2O3S2. The van der Waals surface area contributed by atoms with Crippen LogP contribution in [0.5, 0.6) is 0 Å². The molecule has 0 radical (unpaired) electrons. The van der Waals surface area contributed by atoms with E-state index in [0.717, 1.165) is 23.3 Å². The van der Waals surface area contributed by atoms with Crippen LogP contribution < -0.4 is 9.62 Å². The van der Waals surface area contributed by atoms with E-state index < -0.39 is 10.0 Å². The summed E-state index contributed by atoms with van der Waals surface area (Å²) < 4.78 is 27.8. The largest absolute Gasteiger partial charge is 0.352 e. The number of nitrogens with zero attached hydrogens (tertiary/aromatic N) is 1. The molecule has 5 nitrogen and oxygen atoms in total. The maximum atomic E-state index is 13.3. The van der Waals surface area contributed by atoms with E-state index in [2.05, 4.69) is 5.32 Å². The van der Waals surface area contributed by atoms with Crippen LogP contribution >= 0.6 is 11.8 Å². The third-order valence-corrected chi connectivity index (χ3v) is 6.92. The normalized spacial score (nSPS) is 12.4. The van der Waals surface area contributed by atoms with Gasteiger partial charge in [0, 0.05) is 10.9 Å². The van der Waals surface area contributed by atoms with Crippen LogP contribution in [-0.4, -0.2) is 33.2 Å². The Bertz CT molecular complexity index is 879. The third-order valence-electron chi connectivity index (χ3n) is 4.39. The Hall–Kier alpha value is -1.99. The lowest BCUT2D eigenvalue weighted by molar-refractivity contribution is -0.120. The van der Waals surface area contributed by atoms with Gasteiger partial charge in [0.1, 0.15) is 6.54 Å². The van der Waals surface area contributed by atoms with E-state index in [1.165, 1.54) is 4.31 Å². The molecule has 1 atom stereocenters. The number of carbonyl (C=O) groups excluding carboxylic acids is 1. The standard InChI is InChI=1S/C21H28N2O3S2/c1-5-6-17(3)22-21(24)15-23(18-9-7-16(2)8-10-18)28(25,26)20-13-11-19(27-4)12-14-20/h7-14,17H,5-6,15H2,1-4H3,(H,22,24). The molecule has 1 N–H and O–H groups in total. The van der Waals surface area contributed by atoms with Crippen LogP contribution in [0.15, 0.2) is 58.3 Å². The van der Waals surface area contributed by atoms with Crippen LogP contribution in [0.25, 0.3) is 0 Å². The van der Waals surface area contributed by atoms with Crippen molar-refractivity contribution in [3.63, 3.8) is 0 Å². The summed E-state index contributed by atoms with van der Waals surface area (Å²) in [6.07, 6.45) is 3.73. The van der Waals surface area contributed by atoms with E-state index in [1.807, 2.05) is 39.2 Å². The van der Waals surface area contributed by atoms with E-state index in [-0.39, 0.29) is 23.4 Å². The number of thioether (sulfide) groups is 1. The molecule has 0 saturated heterocycles. The molecule has 152 valence electrons. The zero-order valence-corrected chi connectivity index (χ0v) is 18.4. The van der Waals surface area contributed by atoms with Gasteiger partial charge in [-0.2, -0.15) is 0 Å². The van der Waals surface area contributed by atoms with Crippen molar-refractivity contribution in [3.8, 4) is 0 Å². The smallest absolute Gasteiger partial charge is 0.264 e. The summed E-state index contributed by atoms with van der Waals surface area (Å²) >= 11 is 1.54. The summed E-state index contributed by atoms with van der Waals surface area (Å²) in [6, 6.07) is 13.8. The molecule has 0 aliphatic rings. The second-order valence-corrected chi connectivity index (χ2v) is 9.52. The fourth-order valence-electron chi connectivity index (χ4n) is 2.86. The maximum absolute atomic E-state index is 13.3. The summed E-state index contributed by atoms with van der Waals surface area (Å²) in [6.45, 7) is 5.64. The third kappa shape index (κ3) is 5.75. The highest BCUT2D eigenvalue weighted by Gasteiger charge is 2.27. The van der Waals surface area contributed by atoms with E-state index in [9.17, 15) is 13.2 Å².